The smallest absolute Gasteiger partial charge is 0.183 e. The van der Waals surface area contributed by atoms with E-state index in [1.165, 1.54) is 0 Å². The number of benzene rings is 1. The van der Waals surface area contributed by atoms with Gasteiger partial charge in [0.15, 0.2) is 16.6 Å². The quantitative estimate of drug-likeness (QED) is 0.933. The highest BCUT2D eigenvalue weighted by atomic mass is 32.1. The van der Waals surface area contributed by atoms with Crippen LogP contribution in [-0.4, -0.2) is 24.7 Å². The van der Waals surface area contributed by atoms with Crippen LogP contribution in [0.25, 0.3) is 10.4 Å². The first-order valence-corrected chi connectivity index (χ1v) is 7.64. The number of fused-ring (bicyclic) bond motifs is 1. The van der Waals surface area contributed by atoms with E-state index in [1.807, 2.05) is 24.4 Å². The molecule has 4 nitrogen and oxygen atoms in total. The maximum absolute atomic E-state index is 5.61. The van der Waals surface area contributed by atoms with Gasteiger partial charge in [0.05, 0.1) is 4.88 Å². The van der Waals surface area contributed by atoms with Crippen LogP contribution >= 0.6 is 11.3 Å². The molecule has 1 aliphatic rings. The second-order valence-electron chi connectivity index (χ2n) is 5.16. The Bertz CT molecular complexity index is 595. The van der Waals surface area contributed by atoms with E-state index in [0.717, 1.165) is 33.6 Å². The molecule has 0 spiro atoms. The molecule has 0 bridgehead atoms. The lowest BCUT2D eigenvalue weighted by Crippen LogP contribution is -2.15. The monoisotopic (exact) mass is 290 g/mol. The van der Waals surface area contributed by atoms with Gasteiger partial charge in [-0.05, 0) is 29.7 Å². The van der Waals surface area contributed by atoms with E-state index in [0.29, 0.717) is 19.1 Å². The van der Waals surface area contributed by atoms with Crippen LogP contribution in [0.5, 0.6) is 11.5 Å². The lowest BCUT2D eigenvalue weighted by Gasteiger charge is -2.18. The van der Waals surface area contributed by atoms with Gasteiger partial charge in [-0.15, -0.1) is 0 Å². The van der Waals surface area contributed by atoms with E-state index in [1.54, 1.807) is 11.3 Å². The molecule has 0 radical (unpaired) electrons. The normalized spacial score (nSPS) is 13.6. The third-order valence-corrected chi connectivity index (χ3v) is 4.00. The Labute approximate surface area is 122 Å². The third kappa shape index (κ3) is 2.88. The molecular weight excluding hydrogens is 272 g/mol. The van der Waals surface area contributed by atoms with Crippen molar-refractivity contribution in [1.29, 1.82) is 0 Å². The van der Waals surface area contributed by atoms with Crippen molar-refractivity contribution in [3.05, 3.63) is 24.4 Å². The van der Waals surface area contributed by atoms with Crippen molar-refractivity contribution in [3.8, 4) is 21.9 Å². The molecule has 3 rings (SSSR count). The van der Waals surface area contributed by atoms with Gasteiger partial charge in [-0.2, -0.15) is 0 Å². The van der Waals surface area contributed by atoms with Gasteiger partial charge < -0.3 is 14.8 Å². The number of thiazole rings is 1. The summed E-state index contributed by atoms with van der Waals surface area (Å²) in [5.41, 5.74) is 1.12. The Morgan fingerprint density at radius 3 is 2.85 bits per heavy atom. The number of anilines is 1. The van der Waals surface area contributed by atoms with E-state index in [9.17, 15) is 0 Å². The molecule has 20 heavy (non-hydrogen) atoms. The molecule has 0 aliphatic carbocycles. The molecule has 0 amide bonds. The van der Waals surface area contributed by atoms with Crippen molar-refractivity contribution in [2.75, 3.05) is 25.1 Å². The molecule has 0 atom stereocenters. The standard InChI is InChI=1S/C15H18N2O2S/c1-10(2)8-16-15-17-9-14(20-15)11-3-4-12-13(7-11)19-6-5-18-12/h3-4,7,9-10H,5-6,8H2,1-2H3,(H,16,17). The Balaban J connectivity index is 1.79. The molecule has 2 aromatic rings. The van der Waals surface area contributed by atoms with Gasteiger partial charge in [0.25, 0.3) is 0 Å². The summed E-state index contributed by atoms with van der Waals surface area (Å²) in [5, 5.41) is 4.31. The predicted molar refractivity (Wildman–Crippen MR) is 81.9 cm³/mol. The maximum Gasteiger partial charge on any atom is 0.183 e. The molecule has 0 saturated carbocycles. The first kappa shape index (κ1) is 13.2. The Hall–Kier alpha value is -1.75. The number of nitrogens with zero attached hydrogens (tertiary/aromatic N) is 1. The summed E-state index contributed by atoms with van der Waals surface area (Å²) in [5.74, 6) is 2.25. The summed E-state index contributed by atoms with van der Waals surface area (Å²) in [4.78, 5) is 5.54. The molecule has 106 valence electrons. The number of hydrogen-bond acceptors (Lipinski definition) is 5. The summed E-state index contributed by atoms with van der Waals surface area (Å²) in [6.45, 7) is 6.54. The lowest BCUT2D eigenvalue weighted by molar-refractivity contribution is 0.171. The number of rotatable bonds is 4. The van der Waals surface area contributed by atoms with Crippen molar-refractivity contribution in [1.82, 2.24) is 4.98 Å². The number of nitrogens with one attached hydrogen (secondary N) is 1. The minimum atomic E-state index is 0.608. The summed E-state index contributed by atoms with van der Waals surface area (Å²) < 4.78 is 11.1. The summed E-state index contributed by atoms with van der Waals surface area (Å²) in [7, 11) is 0. The summed E-state index contributed by atoms with van der Waals surface area (Å²) >= 11 is 1.66. The molecule has 5 heteroatoms. The predicted octanol–water partition coefficient (Wildman–Crippen LogP) is 3.65. The van der Waals surface area contributed by atoms with Crippen LogP contribution < -0.4 is 14.8 Å². The minimum Gasteiger partial charge on any atom is -0.486 e. The molecule has 1 aromatic carbocycles. The fourth-order valence-corrected chi connectivity index (χ4v) is 2.80. The zero-order valence-corrected chi connectivity index (χ0v) is 12.5. The Morgan fingerprint density at radius 2 is 2.05 bits per heavy atom. The first-order valence-electron chi connectivity index (χ1n) is 6.82. The molecule has 0 fully saturated rings. The molecule has 1 aliphatic heterocycles. The van der Waals surface area contributed by atoms with Crippen LogP contribution in [0.15, 0.2) is 24.4 Å². The Kier molecular flexibility index (Phi) is 3.78. The van der Waals surface area contributed by atoms with Crippen molar-refractivity contribution in [2.24, 2.45) is 5.92 Å². The fourth-order valence-electron chi connectivity index (χ4n) is 1.98. The van der Waals surface area contributed by atoms with Gasteiger partial charge in [0, 0.05) is 12.7 Å². The van der Waals surface area contributed by atoms with Crippen molar-refractivity contribution in [2.45, 2.75) is 13.8 Å². The lowest BCUT2D eigenvalue weighted by atomic mass is 10.2. The fraction of sp³-hybridized carbons (Fsp3) is 0.400. The Morgan fingerprint density at radius 1 is 1.25 bits per heavy atom. The van der Waals surface area contributed by atoms with E-state index < -0.39 is 0 Å². The highest BCUT2D eigenvalue weighted by Crippen LogP contribution is 2.37. The highest BCUT2D eigenvalue weighted by Gasteiger charge is 2.13. The van der Waals surface area contributed by atoms with Gasteiger partial charge in [-0.3, -0.25) is 0 Å². The van der Waals surface area contributed by atoms with Crippen LogP contribution in [0.3, 0.4) is 0 Å². The minimum absolute atomic E-state index is 0.608. The van der Waals surface area contributed by atoms with E-state index >= 15 is 0 Å². The van der Waals surface area contributed by atoms with Crippen molar-refractivity contribution >= 4 is 16.5 Å². The van der Waals surface area contributed by atoms with Gasteiger partial charge in [-0.25, -0.2) is 4.98 Å². The molecule has 1 N–H and O–H groups in total. The summed E-state index contributed by atoms with van der Waals surface area (Å²) in [6.07, 6.45) is 1.90. The van der Waals surface area contributed by atoms with Crippen LogP contribution in [-0.2, 0) is 0 Å². The second-order valence-corrected chi connectivity index (χ2v) is 6.19. The van der Waals surface area contributed by atoms with Gasteiger partial charge in [0.2, 0.25) is 0 Å². The van der Waals surface area contributed by atoms with E-state index in [-0.39, 0.29) is 0 Å². The molecule has 0 unspecified atom stereocenters. The van der Waals surface area contributed by atoms with Crippen LogP contribution in [0.2, 0.25) is 0 Å². The van der Waals surface area contributed by atoms with Gasteiger partial charge in [-0.1, -0.05) is 25.2 Å². The maximum atomic E-state index is 5.61. The molecule has 0 saturated heterocycles. The second kappa shape index (κ2) is 5.71. The zero-order chi connectivity index (χ0) is 13.9. The SMILES string of the molecule is CC(C)CNc1ncc(-c2ccc3c(c2)OCCO3)s1. The van der Waals surface area contributed by atoms with Crippen LogP contribution in [0.1, 0.15) is 13.8 Å². The number of aromatic nitrogens is 1. The molecular formula is C15H18N2O2S. The molecule has 1 aromatic heterocycles. The van der Waals surface area contributed by atoms with E-state index in [2.05, 4.69) is 24.1 Å². The molecule has 2 heterocycles. The topological polar surface area (TPSA) is 43.4 Å². The average Bonchev–Trinajstić information content (AvgIpc) is 2.93. The van der Waals surface area contributed by atoms with E-state index in [4.69, 9.17) is 9.47 Å². The zero-order valence-electron chi connectivity index (χ0n) is 11.7. The largest absolute Gasteiger partial charge is 0.486 e. The third-order valence-electron chi connectivity index (χ3n) is 2.99. The first-order chi connectivity index (χ1) is 9.72. The highest BCUT2D eigenvalue weighted by molar-refractivity contribution is 7.18. The number of ether oxygens (including phenoxy) is 2. The number of hydrogen-bond donors (Lipinski definition) is 1. The van der Waals surface area contributed by atoms with Crippen molar-refractivity contribution < 1.29 is 9.47 Å². The summed E-state index contributed by atoms with van der Waals surface area (Å²) in [6, 6.07) is 6.03. The van der Waals surface area contributed by atoms with Crippen molar-refractivity contribution in [3.63, 3.8) is 0 Å². The van der Waals surface area contributed by atoms with Gasteiger partial charge >= 0.3 is 0 Å². The van der Waals surface area contributed by atoms with Gasteiger partial charge in [0.1, 0.15) is 13.2 Å². The average molecular weight is 290 g/mol. The van der Waals surface area contributed by atoms with Crippen LogP contribution in [0.4, 0.5) is 5.13 Å². The van der Waals surface area contributed by atoms with Crippen LogP contribution in [0, 0.1) is 5.92 Å².